The highest BCUT2D eigenvalue weighted by molar-refractivity contribution is 7.26. The fourth-order valence-electron chi connectivity index (χ4n) is 7.91. The Kier molecular flexibility index (Phi) is 5.91. The number of nitrogens with zero attached hydrogens (tertiary/aromatic N) is 4. The molecule has 0 unspecified atom stereocenters. The Balaban J connectivity index is 1.41. The van der Waals surface area contributed by atoms with E-state index in [0.717, 1.165) is 60.3 Å². The second kappa shape index (κ2) is 10.7. The monoisotopic (exact) mass is 670 g/mol. The molecule has 5 nitrogen and oxygen atoms in total. The van der Waals surface area contributed by atoms with Crippen LogP contribution in [0.3, 0.4) is 0 Å². The zero-order valence-corrected chi connectivity index (χ0v) is 27.9. The van der Waals surface area contributed by atoms with Crippen molar-refractivity contribution in [1.82, 2.24) is 19.1 Å². The number of hydrogen-bond donors (Lipinski definition) is 0. The minimum Gasteiger partial charge on any atom is -0.276 e. The maximum Gasteiger partial charge on any atom is 0.264 e. The quantitative estimate of drug-likeness (QED) is 0.176. The number of benzene rings is 7. The molecule has 0 saturated carbocycles. The number of fused-ring (bicyclic) bond motifs is 12. The van der Waals surface area contributed by atoms with Crippen LogP contribution in [0, 0.1) is 0 Å². The molecule has 11 rings (SSSR count). The Morgan fingerprint density at radius 1 is 0.471 bits per heavy atom. The SMILES string of the molecule is O=c1c2ccccc2c2c(-c3ccccc3)nc(-n3c4c5ccccc5ccc4c4ccc5c6ccccc6sc5c43)nc2n1-c1ccccc1. The van der Waals surface area contributed by atoms with Gasteiger partial charge in [0.15, 0.2) is 5.65 Å². The molecule has 0 aliphatic carbocycles. The van der Waals surface area contributed by atoms with Crippen molar-refractivity contribution in [3.63, 3.8) is 0 Å². The summed E-state index contributed by atoms with van der Waals surface area (Å²) in [5.74, 6) is 0.516. The molecule has 0 spiro atoms. The summed E-state index contributed by atoms with van der Waals surface area (Å²) >= 11 is 1.80. The first-order chi connectivity index (χ1) is 25.2. The van der Waals surface area contributed by atoms with Crippen LogP contribution in [0.1, 0.15) is 0 Å². The molecule has 238 valence electrons. The summed E-state index contributed by atoms with van der Waals surface area (Å²) in [6.45, 7) is 0. The third-order valence-electron chi connectivity index (χ3n) is 10.1. The van der Waals surface area contributed by atoms with E-state index in [9.17, 15) is 4.79 Å². The van der Waals surface area contributed by atoms with Gasteiger partial charge in [0.2, 0.25) is 5.95 Å². The van der Waals surface area contributed by atoms with Crippen molar-refractivity contribution >= 4 is 85.9 Å². The Labute approximate surface area is 294 Å². The number of aromatic nitrogens is 4. The third-order valence-corrected chi connectivity index (χ3v) is 11.3. The van der Waals surface area contributed by atoms with E-state index in [1.54, 1.807) is 15.9 Å². The van der Waals surface area contributed by atoms with Crippen molar-refractivity contribution in [3.8, 4) is 22.9 Å². The second-order valence-corrected chi connectivity index (χ2v) is 14.0. The van der Waals surface area contributed by atoms with Gasteiger partial charge >= 0.3 is 0 Å². The van der Waals surface area contributed by atoms with Crippen molar-refractivity contribution in [2.45, 2.75) is 0 Å². The molecule has 0 radical (unpaired) electrons. The first kappa shape index (κ1) is 28.2. The lowest BCUT2D eigenvalue weighted by Gasteiger charge is -2.17. The fourth-order valence-corrected chi connectivity index (χ4v) is 9.15. The zero-order valence-electron chi connectivity index (χ0n) is 27.1. The molecular weight excluding hydrogens is 645 g/mol. The number of thiophene rings is 1. The van der Waals surface area contributed by atoms with Crippen molar-refractivity contribution in [3.05, 3.63) is 168 Å². The minimum atomic E-state index is -0.118. The van der Waals surface area contributed by atoms with E-state index in [4.69, 9.17) is 9.97 Å². The van der Waals surface area contributed by atoms with Crippen molar-refractivity contribution in [2.24, 2.45) is 0 Å². The van der Waals surface area contributed by atoms with Gasteiger partial charge in [0.05, 0.1) is 32.5 Å². The lowest BCUT2D eigenvalue weighted by Crippen LogP contribution is -2.21. The molecule has 0 N–H and O–H groups in total. The number of pyridine rings is 1. The lowest BCUT2D eigenvalue weighted by atomic mass is 10.0. The number of para-hydroxylation sites is 1. The van der Waals surface area contributed by atoms with Crippen LogP contribution in [-0.4, -0.2) is 19.1 Å². The van der Waals surface area contributed by atoms with Gasteiger partial charge < -0.3 is 0 Å². The number of rotatable bonds is 3. The standard InChI is InChI=1S/C45H26N4OS/c50-44-36-21-10-9-20-32(36)38-39(28-14-3-1-4-15-28)46-45(47-43(38)48(44)29-16-5-2-6-17-29)49-40-30-18-8-7-13-27(30)23-24-33(40)34-25-26-35-31-19-11-12-22-37(31)51-42(35)41(34)49/h1-26H. The predicted octanol–water partition coefficient (Wildman–Crippen LogP) is 11.2. The van der Waals surface area contributed by atoms with E-state index in [1.807, 2.05) is 72.8 Å². The van der Waals surface area contributed by atoms with Crippen LogP contribution in [0.5, 0.6) is 0 Å². The summed E-state index contributed by atoms with van der Waals surface area (Å²) in [6.07, 6.45) is 0. The smallest absolute Gasteiger partial charge is 0.264 e. The van der Waals surface area contributed by atoms with E-state index in [1.165, 1.54) is 20.2 Å². The van der Waals surface area contributed by atoms with Gasteiger partial charge in [-0.15, -0.1) is 11.3 Å². The highest BCUT2D eigenvalue weighted by atomic mass is 32.1. The first-order valence-corrected chi connectivity index (χ1v) is 17.8. The molecule has 0 bridgehead atoms. The lowest BCUT2D eigenvalue weighted by molar-refractivity contribution is 0.970. The zero-order chi connectivity index (χ0) is 33.6. The van der Waals surface area contributed by atoms with Gasteiger partial charge in [-0.2, -0.15) is 4.98 Å². The van der Waals surface area contributed by atoms with E-state index in [2.05, 4.69) is 89.5 Å². The molecule has 4 heterocycles. The average molecular weight is 671 g/mol. The van der Waals surface area contributed by atoms with Gasteiger partial charge in [0.1, 0.15) is 0 Å². The Morgan fingerprint density at radius 2 is 1.10 bits per heavy atom. The van der Waals surface area contributed by atoms with E-state index >= 15 is 0 Å². The first-order valence-electron chi connectivity index (χ1n) is 17.0. The molecule has 0 aliphatic heterocycles. The summed E-state index contributed by atoms with van der Waals surface area (Å²) in [5.41, 5.74) is 5.03. The largest absolute Gasteiger partial charge is 0.276 e. The van der Waals surface area contributed by atoms with Crippen LogP contribution in [0.25, 0.3) is 97.4 Å². The summed E-state index contributed by atoms with van der Waals surface area (Å²) in [7, 11) is 0. The Bertz CT molecular complexity index is 3270. The molecule has 4 aromatic heterocycles. The van der Waals surface area contributed by atoms with E-state index in [0.29, 0.717) is 17.0 Å². The fraction of sp³-hybridized carbons (Fsp3) is 0. The molecule has 7 aromatic carbocycles. The van der Waals surface area contributed by atoms with Crippen LogP contribution < -0.4 is 5.56 Å². The Hall–Kier alpha value is -6.63. The maximum absolute atomic E-state index is 14.6. The molecule has 0 aliphatic rings. The average Bonchev–Trinajstić information content (AvgIpc) is 3.75. The molecule has 0 fully saturated rings. The van der Waals surface area contributed by atoms with Crippen LogP contribution in [0.4, 0.5) is 0 Å². The maximum atomic E-state index is 14.6. The summed E-state index contributed by atoms with van der Waals surface area (Å²) in [5, 5.41) is 9.24. The normalized spacial score (nSPS) is 12.0. The molecular formula is C45H26N4OS. The van der Waals surface area contributed by atoms with Crippen molar-refractivity contribution in [2.75, 3.05) is 0 Å². The van der Waals surface area contributed by atoms with Crippen LogP contribution in [-0.2, 0) is 0 Å². The second-order valence-electron chi connectivity index (χ2n) is 12.9. The van der Waals surface area contributed by atoms with Gasteiger partial charge in [-0.1, -0.05) is 133 Å². The molecule has 0 atom stereocenters. The van der Waals surface area contributed by atoms with E-state index < -0.39 is 0 Å². The molecule has 0 amide bonds. The Morgan fingerprint density at radius 3 is 1.92 bits per heavy atom. The van der Waals surface area contributed by atoms with Gasteiger partial charge in [-0.25, -0.2) is 4.98 Å². The summed E-state index contributed by atoms with van der Waals surface area (Å²) < 4.78 is 6.43. The van der Waals surface area contributed by atoms with Gasteiger partial charge in [-0.3, -0.25) is 13.9 Å². The van der Waals surface area contributed by atoms with Crippen molar-refractivity contribution < 1.29 is 0 Å². The highest BCUT2D eigenvalue weighted by Crippen LogP contribution is 2.44. The molecule has 0 saturated heterocycles. The van der Waals surface area contributed by atoms with Crippen molar-refractivity contribution in [1.29, 1.82) is 0 Å². The molecule has 11 aromatic rings. The topological polar surface area (TPSA) is 52.7 Å². The van der Waals surface area contributed by atoms with Gasteiger partial charge in [0.25, 0.3) is 5.56 Å². The minimum absolute atomic E-state index is 0.118. The summed E-state index contributed by atoms with van der Waals surface area (Å²) in [6, 6.07) is 53.9. The molecule has 6 heteroatoms. The highest BCUT2D eigenvalue weighted by Gasteiger charge is 2.25. The third kappa shape index (κ3) is 3.99. The van der Waals surface area contributed by atoms with Crippen LogP contribution in [0.2, 0.25) is 0 Å². The van der Waals surface area contributed by atoms with Gasteiger partial charge in [0, 0.05) is 48.0 Å². The van der Waals surface area contributed by atoms with Crippen LogP contribution in [0.15, 0.2) is 163 Å². The van der Waals surface area contributed by atoms with Gasteiger partial charge in [-0.05, 0) is 29.7 Å². The summed E-state index contributed by atoms with van der Waals surface area (Å²) in [4.78, 5) is 25.6. The van der Waals surface area contributed by atoms with Crippen LogP contribution >= 0.6 is 11.3 Å². The molecule has 51 heavy (non-hydrogen) atoms. The number of hydrogen-bond acceptors (Lipinski definition) is 4. The van der Waals surface area contributed by atoms with E-state index in [-0.39, 0.29) is 5.56 Å². The predicted molar refractivity (Wildman–Crippen MR) is 213 cm³/mol.